The molecule has 3 heterocycles. The molecule has 12 rings (SSSR count). The fourth-order valence-electron chi connectivity index (χ4n) is 12.1. The first-order valence-corrected chi connectivity index (χ1v) is 36.0. The van der Waals surface area contributed by atoms with Gasteiger partial charge in [-0.25, -0.2) is 43.2 Å². The summed E-state index contributed by atoms with van der Waals surface area (Å²) in [7, 11) is 0. The molecular weight excluding hydrogens is 1520 g/mol. The van der Waals surface area contributed by atoms with E-state index in [4.69, 9.17) is 106 Å². The maximum absolute atomic E-state index is 15.0. The van der Waals surface area contributed by atoms with Crippen molar-refractivity contribution < 1.29 is 119 Å². The molecule has 576 valence electrons. The molecule has 112 heavy (non-hydrogen) atoms. The number of aliphatic hydroxyl groups excluding tert-OH is 1. The lowest BCUT2D eigenvalue weighted by molar-refractivity contribution is -0.338. The zero-order valence-corrected chi connectivity index (χ0v) is 61.1. The predicted molar refractivity (Wildman–Crippen MR) is 396 cm³/mol. The standard InChI is InChI=1S/C84H69Cl3O25/c1-50(84(85,86)87)100-83-71(112-80(97)59-45-27-10-28-46-59)68(109-77(94)56-39-21-7-22-40-56)65(106-74(91)53-33-15-4-16-34-53)62(103-83)49-99-82-70(111-79(96)58-43-25-9-26-44-58)67(108-76(93)55-37-19-6-20-38-55)64(105-73(90)52-31-13-3-14-32-52)61(102-82)48-98-81-69(110-78(95)57-41-23-8-24-42-57)66(107-75(92)54-35-17-5-18-36-54)63(60(47-88)101-81)104-72(89)51-29-11-2-12-30-51/h2-46,60-71,81-83,88H,1,47-49H2/t60-,61-,62-,63-,64-,65-,66+,67+,68+,69-,70-,71-,81-,82-,83?/m1/s1. The Labute approximate surface area is 655 Å². The third kappa shape index (κ3) is 20.3. The van der Waals surface area contributed by atoms with E-state index in [0.29, 0.717) is 0 Å². The van der Waals surface area contributed by atoms with Gasteiger partial charge in [0.15, 0.2) is 61.4 Å². The number of rotatable bonds is 27. The third-order valence-corrected chi connectivity index (χ3v) is 18.3. The van der Waals surface area contributed by atoms with E-state index in [0.717, 1.165) is 0 Å². The summed E-state index contributed by atoms with van der Waals surface area (Å²) in [5.41, 5.74) is -0.467. The van der Waals surface area contributed by atoms with Gasteiger partial charge in [-0.1, -0.05) is 205 Å². The average Bonchev–Trinajstić information content (AvgIpc) is 0.763. The highest BCUT2D eigenvalue weighted by Gasteiger charge is 2.59. The topological polar surface area (TPSA) is 312 Å². The summed E-state index contributed by atoms with van der Waals surface area (Å²) in [6.07, 6.45) is -29.8. The van der Waals surface area contributed by atoms with Crippen LogP contribution in [0.4, 0.5) is 0 Å². The summed E-state index contributed by atoms with van der Waals surface area (Å²) in [4.78, 5) is 132. The molecule has 3 fully saturated rings. The zero-order valence-electron chi connectivity index (χ0n) is 58.8. The Kier molecular flexibility index (Phi) is 27.0. The highest BCUT2D eigenvalue weighted by atomic mass is 35.6. The minimum absolute atomic E-state index is 0.0128. The number of hydrogen-bond acceptors (Lipinski definition) is 25. The number of allylic oxidation sites excluding steroid dienone is 1. The fourth-order valence-corrected chi connectivity index (χ4v) is 12.2. The molecule has 0 aliphatic carbocycles. The van der Waals surface area contributed by atoms with E-state index < -0.39 is 175 Å². The van der Waals surface area contributed by atoms with Crippen LogP contribution in [0, 0.1) is 0 Å². The van der Waals surface area contributed by atoms with Crippen molar-refractivity contribution in [3.8, 4) is 0 Å². The number of halogens is 3. The fraction of sp³-hybridized carbons (Fsp3) is 0.226. The van der Waals surface area contributed by atoms with Gasteiger partial charge < -0.3 is 76.2 Å². The summed E-state index contributed by atoms with van der Waals surface area (Å²) in [5, 5.41) is 11.4. The van der Waals surface area contributed by atoms with Crippen molar-refractivity contribution in [1.29, 1.82) is 0 Å². The van der Waals surface area contributed by atoms with Crippen LogP contribution in [-0.2, 0) is 71.1 Å². The van der Waals surface area contributed by atoms with Crippen molar-refractivity contribution in [3.05, 3.63) is 335 Å². The lowest BCUT2D eigenvalue weighted by Crippen LogP contribution is -2.66. The molecule has 0 saturated carbocycles. The molecule has 9 aromatic rings. The van der Waals surface area contributed by atoms with Gasteiger partial charge in [0.2, 0.25) is 16.2 Å². The van der Waals surface area contributed by atoms with Crippen molar-refractivity contribution in [2.45, 2.75) is 95.9 Å². The molecule has 1 N–H and O–H groups in total. The van der Waals surface area contributed by atoms with Crippen molar-refractivity contribution in [3.63, 3.8) is 0 Å². The maximum atomic E-state index is 15.0. The normalized spacial score (nSPS) is 23.3. The first-order chi connectivity index (χ1) is 54.3. The van der Waals surface area contributed by atoms with E-state index in [1.807, 2.05) is 0 Å². The van der Waals surface area contributed by atoms with Crippen LogP contribution in [0.3, 0.4) is 0 Å². The molecule has 0 bridgehead atoms. The van der Waals surface area contributed by atoms with E-state index in [1.165, 1.54) is 194 Å². The summed E-state index contributed by atoms with van der Waals surface area (Å²) >= 11 is 19.2. The van der Waals surface area contributed by atoms with Gasteiger partial charge >= 0.3 is 53.7 Å². The molecule has 0 radical (unpaired) electrons. The Bertz CT molecular complexity index is 4690. The van der Waals surface area contributed by atoms with Crippen LogP contribution in [0.1, 0.15) is 93.2 Å². The highest BCUT2D eigenvalue weighted by molar-refractivity contribution is 6.69. The lowest BCUT2D eigenvalue weighted by atomic mass is 9.96. The minimum atomic E-state index is -2.46. The van der Waals surface area contributed by atoms with Gasteiger partial charge in [-0.15, -0.1) is 0 Å². The number of carbonyl (C=O) groups is 9. The van der Waals surface area contributed by atoms with Gasteiger partial charge in [0.1, 0.15) is 24.1 Å². The van der Waals surface area contributed by atoms with Crippen molar-refractivity contribution in [2.24, 2.45) is 0 Å². The SMILES string of the molecule is C=C(OC1O[C@H](CO[C@@H]2O[C@H](CO[C@@H]3O[C@H](CO)[C@@H](OC(=O)c4ccccc4)[C@H](OC(=O)c4ccccc4)[C@H]3OC(=O)c3ccccc3)[C@@H](OC(=O)c3ccccc3)[C@H](OC(=O)c3ccccc3)[C@H]2OC(=O)c2ccccc2)[C@@H](OC(=O)c2ccccc2)[C@H](OC(=O)c2ccccc2)[C@H]1OC(=O)c1ccccc1)C(Cl)(Cl)Cl. The average molecular weight is 1580 g/mol. The van der Waals surface area contributed by atoms with E-state index >= 15 is 0 Å². The lowest BCUT2D eigenvalue weighted by Gasteiger charge is -2.47. The summed E-state index contributed by atoms with van der Waals surface area (Å²) in [6, 6.07) is 67.6. The monoisotopic (exact) mass is 1580 g/mol. The second kappa shape index (κ2) is 37.9. The number of carbonyl (C=O) groups excluding carboxylic acids is 9. The van der Waals surface area contributed by atoms with Crippen LogP contribution in [0.15, 0.2) is 285 Å². The Morgan fingerprint density at radius 3 is 0.661 bits per heavy atom. The summed E-state index contributed by atoms with van der Waals surface area (Å²) < 4.78 is 93.9. The zero-order chi connectivity index (χ0) is 78.7. The van der Waals surface area contributed by atoms with E-state index in [1.54, 1.807) is 78.9 Å². The minimum Gasteiger partial charge on any atom is -0.461 e. The van der Waals surface area contributed by atoms with Gasteiger partial charge in [0.25, 0.3) is 0 Å². The second-order valence-corrected chi connectivity index (χ2v) is 27.4. The van der Waals surface area contributed by atoms with Crippen LogP contribution < -0.4 is 0 Å². The maximum Gasteiger partial charge on any atom is 0.338 e. The molecule has 0 aromatic heterocycles. The van der Waals surface area contributed by atoms with Crippen molar-refractivity contribution in [1.82, 2.24) is 0 Å². The van der Waals surface area contributed by atoms with Gasteiger partial charge in [-0.2, -0.15) is 0 Å². The molecule has 25 nitrogen and oxygen atoms in total. The summed E-state index contributed by atoms with van der Waals surface area (Å²) in [6.45, 7) is 0.800. The molecule has 3 aliphatic rings. The molecule has 0 spiro atoms. The quantitative estimate of drug-likeness (QED) is 0.0216. The van der Waals surface area contributed by atoms with E-state index in [-0.39, 0.29) is 50.1 Å². The number of benzene rings is 9. The molecule has 3 saturated heterocycles. The molecule has 1 unspecified atom stereocenters. The van der Waals surface area contributed by atoms with Crippen molar-refractivity contribution in [2.75, 3.05) is 19.8 Å². The Balaban J connectivity index is 0.997. The van der Waals surface area contributed by atoms with Gasteiger partial charge in [-0.05, 0) is 109 Å². The first kappa shape index (κ1) is 79.9. The molecular formula is C84H69Cl3O25. The van der Waals surface area contributed by atoms with Crippen LogP contribution in [0.5, 0.6) is 0 Å². The molecule has 3 aliphatic heterocycles. The van der Waals surface area contributed by atoms with Crippen LogP contribution in [0.2, 0.25) is 0 Å². The molecule has 9 aromatic carbocycles. The predicted octanol–water partition coefficient (Wildman–Crippen LogP) is 12.1. The van der Waals surface area contributed by atoms with E-state index in [2.05, 4.69) is 6.58 Å². The smallest absolute Gasteiger partial charge is 0.338 e. The first-order valence-electron chi connectivity index (χ1n) is 34.9. The Morgan fingerprint density at radius 1 is 0.268 bits per heavy atom. The second-order valence-electron chi connectivity index (χ2n) is 25.1. The van der Waals surface area contributed by atoms with Crippen molar-refractivity contribution >= 4 is 88.5 Å². The van der Waals surface area contributed by atoms with E-state index in [9.17, 15) is 48.3 Å². The van der Waals surface area contributed by atoms with Gasteiger partial charge in [-0.3, -0.25) is 0 Å². The number of hydrogen-bond donors (Lipinski definition) is 1. The van der Waals surface area contributed by atoms with Gasteiger partial charge in [0.05, 0.1) is 69.9 Å². The molecule has 28 heteroatoms. The Morgan fingerprint density at radius 2 is 0.446 bits per heavy atom. The van der Waals surface area contributed by atoms with Crippen LogP contribution in [0.25, 0.3) is 0 Å². The molecule has 15 atom stereocenters. The van der Waals surface area contributed by atoms with Gasteiger partial charge in [0, 0.05) is 0 Å². The number of aliphatic hydroxyl groups is 1. The number of esters is 9. The number of alkyl halides is 3. The highest BCUT2D eigenvalue weighted by Crippen LogP contribution is 2.41. The van der Waals surface area contributed by atoms with Crippen LogP contribution in [-0.4, -0.2) is 175 Å². The molecule has 0 amide bonds. The number of ether oxygens (including phenoxy) is 15. The third-order valence-electron chi connectivity index (χ3n) is 17.7. The summed E-state index contributed by atoms with van der Waals surface area (Å²) in [5.74, 6) is -10.3. The largest absolute Gasteiger partial charge is 0.461 e. The Hall–Kier alpha value is -11.6. The van der Waals surface area contributed by atoms with Crippen LogP contribution >= 0.6 is 34.8 Å².